The quantitative estimate of drug-likeness (QED) is 0.498. The lowest BCUT2D eigenvalue weighted by Crippen LogP contribution is -2.39. The molecule has 1 aliphatic heterocycles. The highest BCUT2D eigenvalue weighted by atomic mass is 32.2. The molecule has 1 aliphatic rings. The molecule has 0 fully saturated rings. The minimum absolute atomic E-state index is 0.110. The van der Waals surface area contributed by atoms with Crippen molar-refractivity contribution in [3.05, 3.63) is 65.3 Å². The summed E-state index contributed by atoms with van der Waals surface area (Å²) in [7, 11) is -3.79. The number of amides is 1. The van der Waals surface area contributed by atoms with Gasteiger partial charge in [-0.2, -0.15) is 9.29 Å². The Kier molecular flexibility index (Phi) is 6.48. The highest BCUT2D eigenvalue weighted by Gasteiger charge is 2.32. The summed E-state index contributed by atoms with van der Waals surface area (Å²) in [6.07, 6.45) is 0.595. The van der Waals surface area contributed by atoms with Crippen molar-refractivity contribution in [1.29, 1.82) is 0 Å². The minimum atomic E-state index is -3.79. The lowest BCUT2D eigenvalue weighted by atomic mass is 10.1. The van der Waals surface area contributed by atoms with Crippen LogP contribution in [0.1, 0.15) is 36.7 Å². The molecule has 0 saturated heterocycles. The Labute approximate surface area is 193 Å². The molecule has 3 aromatic rings. The summed E-state index contributed by atoms with van der Waals surface area (Å²) in [6.45, 7) is 5.91. The van der Waals surface area contributed by atoms with E-state index in [4.69, 9.17) is 9.26 Å². The number of hydrogen-bond donors (Lipinski definition) is 0. The van der Waals surface area contributed by atoms with Crippen molar-refractivity contribution in [3.8, 4) is 5.75 Å². The number of sulfonamides is 1. The summed E-state index contributed by atoms with van der Waals surface area (Å²) < 4.78 is 39.2. The van der Waals surface area contributed by atoms with Gasteiger partial charge in [-0.1, -0.05) is 49.3 Å². The summed E-state index contributed by atoms with van der Waals surface area (Å²) >= 11 is 0. The van der Waals surface area contributed by atoms with Crippen molar-refractivity contribution in [3.63, 3.8) is 0 Å². The van der Waals surface area contributed by atoms with Crippen LogP contribution in [-0.4, -0.2) is 41.9 Å². The number of ether oxygens (including phenoxy) is 1. The highest BCUT2D eigenvalue weighted by molar-refractivity contribution is 7.89. The smallest absolute Gasteiger partial charge is 0.265 e. The van der Waals surface area contributed by atoms with Crippen LogP contribution in [0.15, 0.2) is 51.9 Å². The zero-order chi connectivity index (χ0) is 23.6. The van der Waals surface area contributed by atoms with E-state index in [0.717, 1.165) is 5.56 Å². The molecule has 2 aromatic carbocycles. The Hall–Kier alpha value is -3.24. The Morgan fingerprint density at radius 3 is 2.58 bits per heavy atom. The van der Waals surface area contributed by atoms with Crippen LogP contribution in [0.2, 0.25) is 0 Å². The summed E-state index contributed by atoms with van der Waals surface area (Å²) in [4.78, 5) is 18.5. The molecule has 9 nitrogen and oxygen atoms in total. The molecular weight excluding hydrogens is 444 g/mol. The van der Waals surface area contributed by atoms with Gasteiger partial charge >= 0.3 is 0 Å². The molecule has 10 heteroatoms. The normalized spacial score (nSPS) is 13.8. The SMILES string of the molecule is CCc1nc(CN2C(=O)COc3cc(S(=O)(=O)N(CC)Cc4ccccc4)c(C)cc32)no1. The van der Waals surface area contributed by atoms with Crippen LogP contribution >= 0.6 is 0 Å². The summed E-state index contributed by atoms with van der Waals surface area (Å²) in [6, 6.07) is 12.6. The molecule has 0 radical (unpaired) electrons. The maximum absolute atomic E-state index is 13.5. The molecule has 2 heterocycles. The standard InChI is InChI=1S/C23H26N4O5S/c1-4-22-24-21(25-32-22)14-27-18-11-16(3)20(12-19(18)31-15-23(27)28)33(29,30)26(5-2)13-17-9-7-6-8-10-17/h6-12H,4-5,13-15H2,1-3H3. The number of rotatable bonds is 8. The third-order valence-corrected chi connectivity index (χ3v) is 7.55. The van der Waals surface area contributed by atoms with Gasteiger partial charge in [-0.05, 0) is 24.1 Å². The van der Waals surface area contributed by atoms with E-state index in [9.17, 15) is 13.2 Å². The molecule has 174 valence electrons. The number of hydrogen-bond acceptors (Lipinski definition) is 7. The van der Waals surface area contributed by atoms with Gasteiger partial charge in [-0.15, -0.1) is 0 Å². The fourth-order valence-corrected chi connectivity index (χ4v) is 5.37. The molecule has 0 aliphatic carbocycles. The molecule has 1 amide bonds. The van der Waals surface area contributed by atoms with Gasteiger partial charge in [0.1, 0.15) is 5.75 Å². The van der Waals surface area contributed by atoms with Gasteiger partial charge in [-0.25, -0.2) is 8.42 Å². The van der Waals surface area contributed by atoms with E-state index in [-0.39, 0.29) is 30.5 Å². The molecule has 1 aromatic heterocycles. The van der Waals surface area contributed by atoms with Gasteiger partial charge in [0.2, 0.25) is 15.9 Å². The second kappa shape index (κ2) is 9.32. The first kappa shape index (κ1) is 22.9. The highest BCUT2D eigenvalue weighted by Crippen LogP contribution is 2.38. The van der Waals surface area contributed by atoms with Gasteiger partial charge in [0, 0.05) is 25.6 Å². The summed E-state index contributed by atoms with van der Waals surface area (Å²) in [5, 5.41) is 3.92. The molecule has 33 heavy (non-hydrogen) atoms. The molecule has 0 bridgehead atoms. The Morgan fingerprint density at radius 2 is 1.91 bits per heavy atom. The number of aromatic nitrogens is 2. The van der Waals surface area contributed by atoms with Crippen LogP contribution < -0.4 is 9.64 Å². The van der Waals surface area contributed by atoms with Crippen molar-refractivity contribution in [1.82, 2.24) is 14.4 Å². The fourth-order valence-electron chi connectivity index (χ4n) is 3.72. The van der Waals surface area contributed by atoms with Crippen LogP contribution in [0.5, 0.6) is 5.75 Å². The lowest BCUT2D eigenvalue weighted by Gasteiger charge is -2.30. The third kappa shape index (κ3) is 4.62. The van der Waals surface area contributed by atoms with Crippen LogP contribution in [0.3, 0.4) is 0 Å². The zero-order valence-corrected chi connectivity index (χ0v) is 19.6. The molecule has 4 rings (SSSR count). The Balaban J connectivity index is 1.67. The van der Waals surface area contributed by atoms with Crippen LogP contribution in [0.4, 0.5) is 5.69 Å². The van der Waals surface area contributed by atoms with E-state index in [1.165, 1.54) is 15.3 Å². The molecular formula is C23H26N4O5S. The third-order valence-electron chi connectivity index (χ3n) is 5.48. The van der Waals surface area contributed by atoms with E-state index < -0.39 is 10.0 Å². The van der Waals surface area contributed by atoms with Crippen LogP contribution in [0.25, 0.3) is 0 Å². The average molecular weight is 471 g/mol. The van der Waals surface area contributed by atoms with Crippen molar-refractivity contribution in [2.24, 2.45) is 0 Å². The molecule has 0 atom stereocenters. The van der Waals surface area contributed by atoms with E-state index in [0.29, 0.717) is 41.7 Å². The van der Waals surface area contributed by atoms with Gasteiger partial charge in [0.15, 0.2) is 12.4 Å². The van der Waals surface area contributed by atoms with Gasteiger partial charge in [0.25, 0.3) is 5.91 Å². The van der Waals surface area contributed by atoms with E-state index in [1.807, 2.05) is 37.3 Å². The predicted molar refractivity (Wildman–Crippen MR) is 121 cm³/mol. The maximum atomic E-state index is 13.5. The molecule has 0 saturated carbocycles. The number of anilines is 1. The van der Waals surface area contributed by atoms with Crippen molar-refractivity contribution in [2.75, 3.05) is 18.1 Å². The first-order chi connectivity index (χ1) is 15.8. The number of aryl methyl sites for hydroxylation is 2. The molecule has 0 unspecified atom stereocenters. The first-order valence-corrected chi connectivity index (χ1v) is 12.2. The van der Waals surface area contributed by atoms with Gasteiger partial charge in [-0.3, -0.25) is 9.69 Å². The topological polar surface area (TPSA) is 106 Å². The zero-order valence-electron chi connectivity index (χ0n) is 18.8. The Morgan fingerprint density at radius 1 is 1.15 bits per heavy atom. The second-order valence-corrected chi connectivity index (χ2v) is 9.64. The minimum Gasteiger partial charge on any atom is -0.482 e. The number of fused-ring (bicyclic) bond motifs is 1. The van der Waals surface area contributed by atoms with E-state index in [1.54, 1.807) is 19.9 Å². The molecule has 0 spiro atoms. The average Bonchev–Trinajstić information content (AvgIpc) is 3.27. The van der Waals surface area contributed by atoms with Crippen molar-refractivity contribution >= 4 is 21.6 Å². The van der Waals surface area contributed by atoms with Crippen LogP contribution in [-0.2, 0) is 34.3 Å². The van der Waals surface area contributed by atoms with E-state index in [2.05, 4.69) is 10.1 Å². The lowest BCUT2D eigenvalue weighted by molar-refractivity contribution is -0.121. The fraction of sp³-hybridized carbons (Fsp3) is 0.348. The predicted octanol–water partition coefficient (Wildman–Crippen LogP) is 3.08. The van der Waals surface area contributed by atoms with Gasteiger partial charge in [0.05, 0.1) is 17.1 Å². The largest absolute Gasteiger partial charge is 0.482 e. The van der Waals surface area contributed by atoms with E-state index >= 15 is 0 Å². The number of carbonyl (C=O) groups is 1. The van der Waals surface area contributed by atoms with Crippen LogP contribution in [0, 0.1) is 6.92 Å². The maximum Gasteiger partial charge on any atom is 0.265 e. The summed E-state index contributed by atoms with van der Waals surface area (Å²) in [5.41, 5.74) is 1.90. The monoisotopic (exact) mass is 470 g/mol. The van der Waals surface area contributed by atoms with Crippen molar-refractivity contribution < 1.29 is 22.5 Å². The van der Waals surface area contributed by atoms with Gasteiger partial charge < -0.3 is 9.26 Å². The number of benzene rings is 2. The number of carbonyl (C=O) groups excluding carboxylic acids is 1. The summed E-state index contributed by atoms with van der Waals surface area (Å²) in [5.74, 6) is 0.928. The van der Waals surface area contributed by atoms with Crippen molar-refractivity contribution in [2.45, 2.75) is 45.2 Å². The molecule has 0 N–H and O–H groups in total. The second-order valence-electron chi connectivity index (χ2n) is 7.73. The Bertz CT molecular complexity index is 1260. The first-order valence-electron chi connectivity index (χ1n) is 10.8. The number of nitrogens with zero attached hydrogens (tertiary/aromatic N) is 4.